The number of phenolic OH excluding ortho intramolecular Hbond substituents is 2. The van der Waals surface area contributed by atoms with Gasteiger partial charge in [-0.05, 0) is 37.4 Å². The summed E-state index contributed by atoms with van der Waals surface area (Å²) >= 11 is 0. The summed E-state index contributed by atoms with van der Waals surface area (Å²) in [5.41, 5.74) is 2.63. The summed E-state index contributed by atoms with van der Waals surface area (Å²) in [6.07, 6.45) is 4.41. The highest BCUT2D eigenvalue weighted by atomic mass is 16.5. The number of aromatic hydroxyl groups is 2. The van der Waals surface area contributed by atoms with Crippen molar-refractivity contribution in [3.05, 3.63) is 40.7 Å². The van der Waals surface area contributed by atoms with E-state index in [0.29, 0.717) is 31.1 Å². The number of fused-ring (bicyclic) bond motifs is 1. The number of nitrogens with zero attached hydrogens (tertiary/aromatic N) is 4. The van der Waals surface area contributed by atoms with Crippen molar-refractivity contribution in [1.29, 1.82) is 0 Å². The number of carbonyl (C=O) groups excluding carboxylic acids is 1. The fourth-order valence-electron chi connectivity index (χ4n) is 4.18. The van der Waals surface area contributed by atoms with Crippen LogP contribution in [-0.2, 0) is 13.0 Å². The Hall–Kier alpha value is -2.87. The van der Waals surface area contributed by atoms with Gasteiger partial charge in [0.25, 0.3) is 5.91 Å². The van der Waals surface area contributed by atoms with Gasteiger partial charge in [-0.3, -0.25) is 4.79 Å². The highest BCUT2D eigenvalue weighted by Gasteiger charge is 2.27. The van der Waals surface area contributed by atoms with Gasteiger partial charge in [0.1, 0.15) is 17.6 Å². The molecule has 1 aromatic heterocycles. The van der Waals surface area contributed by atoms with Crippen molar-refractivity contribution in [1.82, 2.24) is 19.8 Å². The first-order valence-electron chi connectivity index (χ1n) is 10.9. The van der Waals surface area contributed by atoms with Gasteiger partial charge in [-0.1, -0.05) is 13.8 Å². The molecule has 2 aromatic rings. The number of hydrogen-bond donors (Lipinski definition) is 2. The minimum Gasteiger partial charge on any atom is -0.508 e. The first-order valence-corrected chi connectivity index (χ1v) is 10.9. The van der Waals surface area contributed by atoms with Gasteiger partial charge in [-0.15, -0.1) is 0 Å². The number of likely N-dealkylation sites (tertiary alicyclic amines) is 1. The van der Waals surface area contributed by atoms with Gasteiger partial charge < -0.3 is 24.7 Å². The number of amides is 1. The van der Waals surface area contributed by atoms with E-state index in [9.17, 15) is 15.0 Å². The molecule has 1 fully saturated rings. The number of phenols is 2. The average molecular weight is 427 g/mol. The maximum Gasteiger partial charge on any atom is 0.316 e. The van der Waals surface area contributed by atoms with Crippen molar-refractivity contribution in [2.45, 2.75) is 51.7 Å². The molecule has 1 aromatic carbocycles. The lowest BCUT2D eigenvalue weighted by Gasteiger charge is -2.30. The maximum atomic E-state index is 13.1. The van der Waals surface area contributed by atoms with Crippen molar-refractivity contribution in [2.75, 3.05) is 26.7 Å². The predicted molar refractivity (Wildman–Crippen MR) is 115 cm³/mol. The van der Waals surface area contributed by atoms with Crippen LogP contribution in [0.15, 0.2) is 18.3 Å². The third kappa shape index (κ3) is 4.58. The molecule has 4 rings (SSSR count). The summed E-state index contributed by atoms with van der Waals surface area (Å²) in [6.45, 7) is 6.75. The normalized spacial score (nSPS) is 17.6. The summed E-state index contributed by atoms with van der Waals surface area (Å²) in [6, 6.07) is 3.24. The summed E-state index contributed by atoms with van der Waals surface area (Å²) in [4.78, 5) is 26.0. The Kier molecular flexibility index (Phi) is 6.00. The van der Waals surface area contributed by atoms with Crippen LogP contribution in [0.25, 0.3) is 0 Å². The Morgan fingerprint density at radius 3 is 2.61 bits per heavy atom. The van der Waals surface area contributed by atoms with E-state index in [1.807, 2.05) is 13.8 Å². The van der Waals surface area contributed by atoms with Crippen molar-refractivity contribution in [3.8, 4) is 17.5 Å². The van der Waals surface area contributed by atoms with Gasteiger partial charge >= 0.3 is 6.01 Å². The van der Waals surface area contributed by atoms with E-state index >= 15 is 0 Å². The van der Waals surface area contributed by atoms with Crippen molar-refractivity contribution in [3.63, 3.8) is 0 Å². The molecular formula is C23H30N4O4. The predicted octanol–water partition coefficient (Wildman–Crippen LogP) is 2.68. The lowest BCUT2D eigenvalue weighted by Crippen LogP contribution is -2.37. The number of benzene rings is 1. The number of hydrogen-bond acceptors (Lipinski definition) is 7. The Morgan fingerprint density at radius 1 is 1.16 bits per heavy atom. The standard InChI is InChI=1S/C23H30N4O4/c1-14(2)17-10-18(21(29)11-20(17)28)22(30)27-9-6-19-15(13-27)12-24-23(25-19)31-16-4-7-26(3)8-5-16/h10-12,14,16,28-29H,4-9,13H2,1-3H3. The Bertz CT molecular complexity index is 970. The van der Waals surface area contributed by atoms with Crippen LogP contribution in [0, 0.1) is 0 Å². The SMILES string of the molecule is CC(C)c1cc(C(=O)N2CCc3nc(OC4CCN(C)CC4)ncc3C2)c(O)cc1O. The molecule has 8 nitrogen and oxygen atoms in total. The van der Waals surface area contributed by atoms with E-state index in [4.69, 9.17) is 4.74 Å². The summed E-state index contributed by atoms with van der Waals surface area (Å²) in [7, 11) is 2.11. The van der Waals surface area contributed by atoms with E-state index < -0.39 is 0 Å². The number of carbonyl (C=O) groups is 1. The largest absolute Gasteiger partial charge is 0.508 e. The van der Waals surface area contributed by atoms with Gasteiger partial charge in [-0.2, -0.15) is 4.98 Å². The molecule has 0 spiro atoms. The van der Waals surface area contributed by atoms with E-state index in [0.717, 1.165) is 37.2 Å². The first-order chi connectivity index (χ1) is 14.8. The van der Waals surface area contributed by atoms with E-state index in [1.165, 1.54) is 6.07 Å². The summed E-state index contributed by atoms with van der Waals surface area (Å²) < 4.78 is 5.99. The topological polar surface area (TPSA) is 99.0 Å². The molecule has 1 saturated heterocycles. The molecule has 0 unspecified atom stereocenters. The molecule has 31 heavy (non-hydrogen) atoms. The third-order valence-corrected chi connectivity index (χ3v) is 6.13. The second kappa shape index (κ2) is 8.70. The molecule has 0 radical (unpaired) electrons. The minimum absolute atomic E-state index is 0.00131. The smallest absolute Gasteiger partial charge is 0.316 e. The molecule has 2 N–H and O–H groups in total. The zero-order valence-electron chi connectivity index (χ0n) is 18.3. The third-order valence-electron chi connectivity index (χ3n) is 6.13. The minimum atomic E-state index is -0.267. The van der Waals surface area contributed by atoms with Crippen LogP contribution >= 0.6 is 0 Å². The number of rotatable bonds is 4. The molecular weight excluding hydrogens is 396 g/mol. The van der Waals surface area contributed by atoms with Gasteiger partial charge in [0.2, 0.25) is 0 Å². The Labute approximate surface area is 182 Å². The molecule has 2 aliphatic heterocycles. The van der Waals surface area contributed by atoms with Gasteiger partial charge in [-0.25, -0.2) is 4.98 Å². The van der Waals surface area contributed by atoms with E-state index in [1.54, 1.807) is 17.2 Å². The van der Waals surface area contributed by atoms with Crippen LogP contribution in [0.4, 0.5) is 0 Å². The van der Waals surface area contributed by atoms with Crippen LogP contribution < -0.4 is 4.74 Å². The maximum absolute atomic E-state index is 13.1. The van der Waals surface area contributed by atoms with Gasteiger partial charge in [0.05, 0.1) is 11.3 Å². The molecule has 0 atom stereocenters. The fourth-order valence-corrected chi connectivity index (χ4v) is 4.18. The lowest BCUT2D eigenvalue weighted by molar-refractivity contribution is 0.0728. The van der Waals surface area contributed by atoms with Crippen LogP contribution in [0.5, 0.6) is 17.5 Å². The lowest BCUT2D eigenvalue weighted by atomic mass is 9.97. The number of ether oxygens (including phenoxy) is 1. The molecule has 1 amide bonds. The van der Waals surface area contributed by atoms with Crippen molar-refractivity contribution in [2.24, 2.45) is 0 Å². The fraction of sp³-hybridized carbons (Fsp3) is 0.522. The molecule has 0 bridgehead atoms. The van der Waals surface area contributed by atoms with Crippen molar-refractivity contribution < 1.29 is 19.7 Å². The molecule has 0 aliphatic carbocycles. The van der Waals surface area contributed by atoms with Gasteiger partial charge in [0, 0.05) is 50.4 Å². The highest BCUT2D eigenvalue weighted by Crippen LogP contribution is 2.33. The average Bonchev–Trinajstić information content (AvgIpc) is 2.74. The van der Waals surface area contributed by atoms with E-state index in [2.05, 4.69) is 21.9 Å². The zero-order chi connectivity index (χ0) is 22.1. The molecule has 0 saturated carbocycles. The molecule has 3 heterocycles. The van der Waals surface area contributed by atoms with Crippen LogP contribution in [0.1, 0.15) is 59.8 Å². The second-order valence-corrected chi connectivity index (χ2v) is 8.80. The van der Waals surface area contributed by atoms with E-state index in [-0.39, 0.29) is 35.0 Å². The second-order valence-electron chi connectivity index (χ2n) is 8.80. The number of aromatic nitrogens is 2. The quantitative estimate of drug-likeness (QED) is 0.775. The number of piperidine rings is 1. The monoisotopic (exact) mass is 426 g/mol. The first kappa shape index (κ1) is 21.4. The molecule has 2 aliphatic rings. The van der Waals surface area contributed by atoms with Crippen LogP contribution in [-0.4, -0.2) is 68.7 Å². The summed E-state index contributed by atoms with van der Waals surface area (Å²) in [5.74, 6) is -0.447. The Balaban J connectivity index is 1.47. The highest BCUT2D eigenvalue weighted by molar-refractivity contribution is 5.97. The molecule has 166 valence electrons. The van der Waals surface area contributed by atoms with Crippen LogP contribution in [0.3, 0.4) is 0 Å². The molecule has 8 heteroatoms. The summed E-state index contributed by atoms with van der Waals surface area (Å²) in [5, 5.41) is 20.3. The van der Waals surface area contributed by atoms with Gasteiger partial charge in [0.15, 0.2) is 0 Å². The zero-order valence-corrected chi connectivity index (χ0v) is 18.3. The van der Waals surface area contributed by atoms with Crippen molar-refractivity contribution >= 4 is 5.91 Å². The van der Waals surface area contributed by atoms with Crippen LogP contribution in [0.2, 0.25) is 0 Å². The Morgan fingerprint density at radius 2 is 1.90 bits per heavy atom.